The minimum atomic E-state index is -2.45. The highest BCUT2D eigenvalue weighted by Crippen LogP contribution is 2.38. The van der Waals surface area contributed by atoms with Crippen molar-refractivity contribution >= 4 is 30.5 Å². The average Bonchev–Trinajstić information content (AvgIpc) is 2.58. The van der Waals surface area contributed by atoms with Crippen molar-refractivity contribution in [3.8, 4) is 0 Å². The van der Waals surface area contributed by atoms with E-state index in [1.54, 1.807) is 11.8 Å². The van der Waals surface area contributed by atoms with Crippen molar-refractivity contribution in [3.05, 3.63) is 60.7 Å². The van der Waals surface area contributed by atoms with Crippen LogP contribution >= 0.6 is 11.8 Å². The molecule has 24 heavy (non-hydrogen) atoms. The van der Waals surface area contributed by atoms with Crippen molar-refractivity contribution < 1.29 is 9.53 Å². The fraction of sp³-hybridized carbons (Fsp3) is 0.400. The van der Waals surface area contributed by atoms with Gasteiger partial charge in [-0.3, -0.25) is 0 Å². The highest BCUT2D eigenvalue weighted by Gasteiger charge is 2.50. The third kappa shape index (κ3) is 3.20. The summed E-state index contributed by atoms with van der Waals surface area (Å²) in [6, 6.07) is 21.3. The van der Waals surface area contributed by atoms with E-state index in [4.69, 9.17) is 4.43 Å². The molecule has 0 radical (unpaired) electrons. The first-order chi connectivity index (χ1) is 11.4. The fourth-order valence-corrected chi connectivity index (χ4v) is 8.95. The molecule has 1 N–H and O–H groups in total. The maximum absolute atomic E-state index is 9.96. The molecule has 1 aliphatic heterocycles. The maximum Gasteiger partial charge on any atom is 0.261 e. The van der Waals surface area contributed by atoms with Gasteiger partial charge in [-0.2, -0.15) is 11.8 Å². The number of thioether (sulfide) groups is 1. The molecule has 128 valence electrons. The van der Waals surface area contributed by atoms with E-state index >= 15 is 0 Å². The Morgan fingerprint density at radius 3 is 1.83 bits per heavy atom. The van der Waals surface area contributed by atoms with Gasteiger partial charge < -0.3 is 9.53 Å². The van der Waals surface area contributed by atoms with Crippen LogP contribution in [-0.2, 0) is 4.43 Å². The summed E-state index contributed by atoms with van der Waals surface area (Å²) in [5, 5.41) is 12.7. The van der Waals surface area contributed by atoms with E-state index in [0.29, 0.717) is 6.61 Å². The quantitative estimate of drug-likeness (QED) is 0.833. The summed E-state index contributed by atoms with van der Waals surface area (Å²) in [4.78, 5) is 0. The third-order valence-electron chi connectivity index (χ3n) is 4.79. The van der Waals surface area contributed by atoms with Crippen LogP contribution in [0.2, 0.25) is 5.04 Å². The van der Waals surface area contributed by atoms with Crippen LogP contribution in [0.3, 0.4) is 0 Å². The van der Waals surface area contributed by atoms with E-state index < -0.39 is 8.32 Å². The van der Waals surface area contributed by atoms with Crippen molar-refractivity contribution in [1.82, 2.24) is 0 Å². The molecule has 0 spiro atoms. The molecule has 2 aromatic carbocycles. The Balaban J connectivity index is 2.06. The number of hydrogen-bond donors (Lipinski definition) is 1. The van der Waals surface area contributed by atoms with Crippen molar-refractivity contribution in [2.45, 2.75) is 37.2 Å². The minimum Gasteiger partial charge on any atom is -0.406 e. The van der Waals surface area contributed by atoms with E-state index in [1.165, 1.54) is 10.4 Å². The van der Waals surface area contributed by atoms with E-state index in [9.17, 15) is 5.11 Å². The lowest BCUT2D eigenvalue weighted by Gasteiger charge is -2.45. The summed E-state index contributed by atoms with van der Waals surface area (Å²) in [6.45, 7) is 7.45. The van der Waals surface area contributed by atoms with Crippen LogP contribution < -0.4 is 10.4 Å². The zero-order valence-corrected chi connectivity index (χ0v) is 16.4. The lowest BCUT2D eigenvalue weighted by molar-refractivity contribution is 0.149. The zero-order valence-electron chi connectivity index (χ0n) is 14.6. The number of aliphatic hydroxyl groups excluding tert-OH is 1. The van der Waals surface area contributed by atoms with Crippen LogP contribution in [0, 0.1) is 0 Å². The summed E-state index contributed by atoms with van der Waals surface area (Å²) in [5.41, 5.74) is 0. The molecule has 0 saturated carbocycles. The Labute approximate surface area is 150 Å². The first kappa shape index (κ1) is 17.7. The zero-order chi connectivity index (χ0) is 17.2. The summed E-state index contributed by atoms with van der Waals surface area (Å²) >= 11 is 1.80. The molecule has 2 atom stereocenters. The SMILES string of the molecule is CC(C)(C)[Si](OC[C@@H]1SC[C@@H]1O)(c1ccccc1)c1ccccc1. The van der Waals surface area contributed by atoms with Crippen LogP contribution in [0.1, 0.15) is 20.8 Å². The lowest BCUT2D eigenvalue weighted by Crippen LogP contribution is -2.67. The predicted molar refractivity (Wildman–Crippen MR) is 106 cm³/mol. The standard InChI is InChI=1S/C20H26O2SSi/c1-20(2,3)24(16-10-6-4-7-11-16,17-12-8-5-9-13-17)22-14-19-18(21)15-23-19/h4-13,18-19,21H,14-15H2,1-3H3/t18-,19-/m0/s1. The second-order valence-corrected chi connectivity index (χ2v) is 13.0. The van der Waals surface area contributed by atoms with Gasteiger partial charge in [0.1, 0.15) is 0 Å². The second-order valence-electron chi connectivity index (χ2n) is 7.41. The minimum absolute atomic E-state index is 0.00489. The largest absolute Gasteiger partial charge is 0.406 e. The molecule has 4 heteroatoms. The molecule has 2 aromatic rings. The number of benzene rings is 2. The molecular weight excluding hydrogens is 332 g/mol. The van der Waals surface area contributed by atoms with Crippen LogP contribution in [0.4, 0.5) is 0 Å². The Hall–Kier alpha value is -1.07. The predicted octanol–water partition coefficient (Wildman–Crippen LogP) is 3.04. The number of rotatable bonds is 5. The van der Waals surface area contributed by atoms with Gasteiger partial charge in [0.05, 0.1) is 11.4 Å². The third-order valence-corrected chi connectivity index (χ3v) is 11.2. The van der Waals surface area contributed by atoms with Crippen molar-refractivity contribution in [2.75, 3.05) is 12.4 Å². The van der Waals surface area contributed by atoms with Gasteiger partial charge in [-0.1, -0.05) is 81.4 Å². The van der Waals surface area contributed by atoms with Crippen LogP contribution in [0.15, 0.2) is 60.7 Å². The molecule has 0 aliphatic carbocycles. The number of aliphatic hydroxyl groups is 1. The van der Waals surface area contributed by atoms with Gasteiger partial charge in [0.25, 0.3) is 8.32 Å². The molecule has 1 aliphatic rings. The molecule has 0 amide bonds. The molecule has 2 nitrogen and oxygen atoms in total. The topological polar surface area (TPSA) is 29.5 Å². The van der Waals surface area contributed by atoms with E-state index in [1.807, 2.05) is 0 Å². The van der Waals surface area contributed by atoms with Crippen molar-refractivity contribution in [3.63, 3.8) is 0 Å². The van der Waals surface area contributed by atoms with Crippen LogP contribution in [0.25, 0.3) is 0 Å². The van der Waals surface area contributed by atoms with E-state index in [-0.39, 0.29) is 16.4 Å². The highest BCUT2D eigenvalue weighted by atomic mass is 32.2. The molecule has 1 fully saturated rings. The molecule has 1 heterocycles. The smallest absolute Gasteiger partial charge is 0.261 e. The Bertz CT molecular complexity index is 615. The average molecular weight is 359 g/mol. The first-order valence-corrected chi connectivity index (χ1v) is 11.5. The summed E-state index contributed by atoms with van der Waals surface area (Å²) in [6.07, 6.45) is -0.229. The molecule has 1 saturated heterocycles. The summed E-state index contributed by atoms with van der Waals surface area (Å²) in [5.74, 6) is 0.828. The Morgan fingerprint density at radius 2 is 1.50 bits per heavy atom. The molecule has 3 rings (SSSR count). The monoisotopic (exact) mass is 358 g/mol. The molecule has 0 unspecified atom stereocenters. The summed E-state index contributed by atoms with van der Waals surface area (Å²) < 4.78 is 6.80. The summed E-state index contributed by atoms with van der Waals surface area (Å²) in [7, 11) is -2.45. The number of hydrogen-bond acceptors (Lipinski definition) is 3. The van der Waals surface area contributed by atoms with Gasteiger partial charge in [0, 0.05) is 12.4 Å². The Kier molecular flexibility index (Phi) is 5.21. The second kappa shape index (κ2) is 7.04. The lowest BCUT2D eigenvalue weighted by atomic mass is 10.2. The van der Waals surface area contributed by atoms with Gasteiger partial charge in [-0.25, -0.2) is 0 Å². The van der Waals surface area contributed by atoms with Gasteiger partial charge in [-0.15, -0.1) is 0 Å². The van der Waals surface area contributed by atoms with Crippen molar-refractivity contribution in [2.24, 2.45) is 0 Å². The highest BCUT2D eigenvalue weighted by molar-refractivity contribution is 8.01. The first-order valence-electron chi connectivity index (χ1n) is 8.50. The van der Waals surface area contributed by atoms with Crippen LogP contribution in [-0.4, -0.2) is 37.1 Å². The van der Waals surface area contributed by atoms with E-state index in [2.05, 4.69) is 81.4 Å². The molecule has 0 bridgehead atoms. The Morgan fingerprint density at radius 1 is 1.00 bits per heavy atom. The van der Waals surface area contributed by atoms with Gasteiger partial charge >= 0.3 is 0 Å². The maximum atomic E-state index is 9.96. The van der Waals surface area contributed by atoms with Gasteiger partial charge in [0.2, 0.25) is 0 Å². The fourth-order valence-electron chi connectivity index (χ4n) is 3.45. The van der Waals surface area contributed by atoms with E-state index in [0.717, 1.165) is 5.75 Å². The van der Waals surface area contributed by atoms with Crippen molar-refractivity contribution in [1.29, 1.82) is 0 Å². The normalized spacial score (nSPS) is 21.3. The molecule has 0 aromatic heterocycles. The van der Waals surface area contributed by atoms with Gasteiger partial charge in [-0.05, 0) is 15.4 Å². The molecular formula is C20H26O2SSi. The van der Waals surface area contributed by atoms with Gasteiger partial charge in [0.15, 0.2) is 0 Å². The van der Waals surface area contributed by atoms with Crippen LogP contribution in [0.5, 0.6) is 0 Å².